The quantitative estimate of drug-likeness (QED) is 0.608. The molecule has 1 rings (SSSR count). The van der Waals surface area contributed by atoms with Crippen molar-refractivity contribution in [3.8, 4) is 0 Å². The van der Waals surface area contributed by atoms with E-state index < -0.39 is 0 Å². The van der Waals surface area contributed by atoms with E-state index in [2.05, 4.69) is 14.2 Å². The minimum absolute atomic E-state index is 0.540. The molecule has 1 N–H and O–H groups in total. The first-order chi connectivity index (χ1) is 3.93. The Bertz CT molecular complexity index is 140. The first kappa shape index (κ1) is 5.59. The molecule has 0 aliphatic carbocycles. The van der Waals surface area contributed by atoms with Crippen molar-refractivity contribution in [3.63, 3.8) is 0 Å². The van der Waals surface area contributed by atoms with Crippen molar-refractivity contribution >= 4 is 11.8 Å². The lowest BCUT2D eigenvalue weighted by Crippen LogP contribution is -1.97. The fraction of sp³-hybridized carbons (Fsp3) is 0.250. The number of rotatable bonds is 2. The molecule has 8 heavy (non-hydrogen) atoms. The lowest BCUT2D eigenvalue weighted by molar-refractivity contribution is 0.556. The first-order valence-electron chi connectivity index (χ1n) is 2.14. The van der Waals surface area contributed by atoms with E-state index in [4.69, 9.17) is 11.8 Å². The summed E-state index contributed by atoms with van der Waals surface area (Å²) in [6.45, 7) is 0.540. The molecule has 0 bridgehead atoms. The highest BCUT2D eigenvalue weighted by Crippen LogP contribution is 1.92. The maximum Gasteiger partial charge on any atom is 0.180 e. The van der Waals surface area contributed by atoms with Crippen LogP contribution in [-0.2, 0) is 6.54 Å². The number of hydrogen-bond donors (Lipinski definition) is 1. The zero-order valence-corrected chi connectivity index (χ0v) is 4.85. The van der Waals surface area contributed by atoms with Gasteiger partial charge in [0, 0.05) is 0 Å². The second-order valence-corrected chi connectivity index (χ2v) is 1.56. The van der Waals surface area contributed by atoms with Gasteiger partial charge in [-0.05, 0) is 11.8 Å². The summed E-state index contributed by atoms with van der Waals surface area (Å²) < 4.78 is 4.66. The Labute approximate surface area is 51.8 Å². The third kappa shape index (κ3) is 1.21. The molecule has 1 heterocycles. The van der Waals surface area contributed by atoms with Crippen LogP contribution in [-0.4, -0.2) is 4.98 Å². The maximum atomic E-state index is 5.16. The first-order valence-corrected chi connectivity index (χ1v) is 2.52. The van der Waals surface area contributed by atoms with Crippen LogP contribution < -0.4 is 4.84 Å². The molecule has 44 valence electrons. The fourth-order valence-electron chi connectivity index (χ4n) is 0.393. The van der Waals surface area contributed by atoms with Crippen LogP contribution in [0.4, 0.5) is 0 Å². The second kappa shape index (κ2) is 2.69. The molecule has 0 saturated carbocycles. The fourth-order valence-corrected chi connectivity index (χ4v) is 0.530. The van der Waals surface area contributed by atoms with Crippen LogP contribution >= 0.6 is 11.8 Å². The van der Waals surface area contributed by atoms with Crippen LogP contribution in [0.1, 0.15) is 5.69 Å². The molecule has 3 nitrogen and oxygen atoms in total. The average Bonchev–Trinajstić information content (AvgIpc) is 2.19. The van der Waals surface area contributed by atoms with Gasteiger partial charge in [0.1, 0.15) is 6.26 Å². The molecule has 0 aliphatic heterocycles. The summed E-state index contributed by atoms with van der Waals surface area (Å²) in [5, 5.41) is 0. The van der Waals surface area contributed by atoms with Gasteiger partial charge in [0.15, 0.2) is 6.39 Å². The molecule has 0 spiro atoms. The van der Waals surface area contributed by atoms with Crippen LogP contribution in [0.2, 0.25) is 0 Å². The van der Waals surface area contributed by atoms with Gasteiger partial charge in [-0.3, -0.25) is 0 Å². The van der Waals surface area contributed by atoms with Gasteiger partial charge in [-0.1, -0.05) is 0 Å². The Morgan fingerprint density at radius 3 is 3.25 bits per heavy atom. The molecule has 1 aromatic rings. The summed E-state index contributed by atoms with van der Waals surface area (Å²) in [6, 6.07) is 0. The number of nitrogens with zero attached hydrogens (tertiary/aromatic N) is 1. The van der Waals surface area contributed by atoms with E-state index >= 15 is 0 Å². The smallest absolute Gasteiger partial charge is 0.180 e. The standard InChI is InChI=1S/C4H5ClN2O/c5-7-1-4-2-8-3-6-4/h2-3,7H,1H2. The molecular weight excluding hydrogens is 128 g/mol. The average molecular weight is 133 g/mol. The molecule has 0 radical (unpaired) electrons. The summed E-state index contributed by atoms with van der Waals surface area (Å²) in [7, 11) is 0. The SMILES string of the molecule is ClNCc1cocn1. The van der Waals surface area contributed by atoms with Crippen molar-refractivity contribution in [2.75, 3.05) is 0 Å². The third-order valence-electron chi connectivity index (χ3n) is 0.731. The number of nitrogens with one attached hydrogen (secondary N) is 1. The zero-order valence-electron chi connectivity index (χ0n) is 4.10. The van der Waals surface area contributed by atoms with Crippen molar-refractivity contribution in [3.05, 3.63) is 18.4 Å². The molecule has 0 saturated heterocycles. The third-order valence-corrected chi connectivity index (χ3v) is 0.865. The topological polar surface area (TPSA) is 38.1 Å². The molecule has 0 atom stereocenters. The van der Waals surface area contributed by atoms with Crippen LogP contribution in [0.3, 0.4) is 0 Å². The van der Waals surface area contributed by atoms with Crippen molar-refractivity contribution < 1.29 is 4.42 Å². The van der Waals surface area contributed by atoms with Gasteiger partial charge in [-0.15, -0.1) is 0 Å². The van der Waals surface area contributed by atoms with Gasteiger partial charge in [0.05, 0.1) is 12.2 Å². The summed E-state index contributed by atoms with van der Waals surface area (Å²) in [4.78, 5) is 6.21. The highest BCUT2D eigenvalue weighted by molar-refractivity contribution is 6.13. The van der Waals surface area contributed by atoms with E-state index in [9.17, 15) is 0 Å². The van der Waals surface area contributed by atoms with Gasteiger partial charge >= 0.3 is 0 Å². The highest BCUT2D eigenvalue weighted by atomic mass is 35.5. The van der Waals surface area contributed by atoms with Crippen molar-refractivity contribution in [2.24, 2.45) is 0 Å². The van der Waals surface area contributed by atoms with Gasteiger partial charge < -0.3 is 4.42 Å². The van der Waals surface area contributed by atoms with E-state index in [0.717, 1.165) is 5.69 Å². The lowest BCUT2D eigenvalue weighted by Gasteiger charge is -1.84. The minimum atomic E-state index is 0.540. The lowest BCUT2D eigenvalue weighted by atomic mass is 10.5. The number of aromatic nitrogens is 1. The van der Waals surface area contributed by atoms with E-state index in [1.165, 1.54) is 12.7 Å². The minimum Gasteiger partial charge on any atom is -0.451 e. The molecule has 0 aromatic carbocycles. The van der Waals surface area contributed by atoms with Crippen LogP contribution in [0.25, 0.3) is 0 Å². The molecule has 0 aliphatic rings. The molecule has 0 unspecified atom stereocenters. The van der Waals surface area contributed by atoms with E-state index in [0.29, 0.717) is 6.54 Å². The van der Waals surface area contributed by atoms with Crippen molar-refractivity contribution in [2.45, 2.75) is 6.54 Å². The molecule has 0 amide bonds. The van der Waals surface area contributed by atoms with Crippen LogP contribution in [0.5, 0.6) is 0 Å². The molecule has 4 heteroatoms. The van der Waals surface area contributed by atoms with Crippen LogP contribution in [0, 0.1) is 0 Å². The Kier molecular flexibility index (Phi) is 1.88. The zero-order chi connectivity index (χ0) is 5.82. The predicted molar refractivity (Wildman–Crippen MR) is 29.2 cm³/mol. The highest BCUT2D eigenvalue weighted by Gasteiger charge is 1.90. The van der Waals surface area contributed by atoms with Gasteiger partial charge in [0.25, 0.3) is 0 Å². The normalized spacial score (nSPS) is 9.62. The van der Waals surface area contributed by atoms with Crippen molar-refractivity contribution in [1.82, 2.24) is 9.82 Å². The predicted octanol–water partition coefficient (Wildman–Crippen LogP) is 0.918. The van der Waals surface area contributed by atoms with E-state index in [1.54, 1.807) is 0 Å². The Morgan fingerprint density at radius 1 is 1.88 bits per heavy atom. The Balaban J connectivity index is 2.50. The molecule has 1 aromatic heterocycles. The largest absolute Gasteiger partial charge is 0.451 e. The van der Waals surface area contributed by atoms with E-state index in [1.807, 2.05) is 0 Å². The van der Waals surface area contributed by atoms with Crippen molar-refractivity contribution in [1.29, 1.82) is 0 Å². The summed E-state index contributed by atoms with van der Waals surface area (Å²) in [5.41, 5.74) is 0.806. The molecule has 0 fully saturated rings. The maximum absolute atomic E-state index is 5.16. The summed E-state index contributed by atoms with van der Waals surface area (Å²) in [5.74, 6) is 0. The van der Waals surface area contributed by atoms with Gasteiger partial charge in [-0.25, -0.2) is 9.82 Å². The number of hydrogen-bond acceptors (Lipinski definition) is 3. The second-order valence-electron chi connectivity index (χ2n) is 1.29. The Hall–Kier alpha value is -0.540. The monoisotopic (exact) mass is 132 g/mol. The summed E-state index contributed by atoms with van der Waals surface area (Å²) in [6.07, 6.45) is 2.90. The number of halogens is 1. The van der Waals surface area contributed by atoms with Gasteiger partial charge in [0.2, 0.25) is 0 Å². The summed E-state index contributed by atoms with van der Waals surface area (Å²) >= 11 is 5.16. The molecular formula is C4H5ClN2O. The number of oxazole rings is 1. The van der Waals surface area contributed by atoms with Crippen LogP contribution in [0.15, 0.2) is 17.1 Å². The van der Waals surface area contributed by atoms with Gasteiger partial charge in [-0.2, -0.15) is 0 Å². The van der Waals surface area contributed by atoms with E-state index in [-0.39, 0.29) is 0 Å². The Morgan fingerprint density at radius 2 is 2.75 bits per heavy atom.